The van der Waals surface area contributed by atoms with Gasteiger partial charge in [0.2, 0.25) is 0 Å². The topological polar surface area (TPSA) is 35.5 Å². The zero-order valence-corrected chi connectivity index (χ0v) is 20.7. The van der Waals surface area contributed by atoms with Crippen molar-refractivity contribution in [1.82, 2.24) is 0 Å². The Morgan fingerprint density at radius 2 is 1.57 bits per heavy atom. The average molecular weight is 465 g/mol. The van der Waals surface area contributed by atoms with E-state index in [1.807, 2.05) is 12.1 Å². The van der Waals surface area contributed by atoms with E-state index in [1.54, 1.807) is 0 Å². The summed E-state index contributed by atoms with van der Waals surface area (Å²) in [5.74, 6) is 1.60. The number of aldehydes is 1. The van der Waals surface area contributed by atoms with E-state index in [0.717, 1.165) is 47.3 Å². The predicted molar refractivity (Wildman–Crippen MR) is 146 cm³/mol. The summed E-state index contributed by atoms with van der Waals surface area (Å²) in [5.41, 5.74) is 9.55. The van der Waals surface area contributed by atoms with Gasteiger partial charge in [0.15, 0.2) is 11.5 Å². The first kappa shape index (κ1) is 24.3. The Hall–Kier alpha value is -3.85. The highest BCUT2D eigenvalue weighted by Crippen LogP contribution is 2.40. The maximum Gasteiger partial charge on any atom is 0.161 e. The quantitative estimate of drug-likeness (QED) is 0.148. The van der Waals surface area contributed by atoms with Crippen LogP contribution in [-0.4, -0.2) is 19.5 Å². The van der Waals surface area contributed by atoms with Crippen molar-refractivity contribution in [3.8, 4) is 11.5 Å². The molecule has 0 N–H and O–H groups in total. The Bertz CT molecular complexity index is 1280. The van der Waals surface area contributed by atoms with Crippen molar-refractivity contribution >= 4 is 29.6 Å². The first-order valence-electron chi connectivity index (χ1n) is 12.3. The van der Waals surface area contributed by atoms with E-state index in [1.165, 1.54) is 33.9 Å². The van der Waals surface area contributed by atoms with Crippen LogP contribution in [-0.2, 0) is 4.79 Å². The number of carbonyl (C=O) groups excluding carboxylic acids is 1. The summed E-state index contributed by atoms with van der Waals surface area (Å²) in [6.45, 7) is 7.71. The molecule has 0 aliphatic carbocycles. The number of aryl methyl sites for hydroxylation is 1. The van der Waals surface area contributed by atoms with Gasteiger partial charge in [0.1, 0.15) is 19.5 Å². The lowest BCUT2D eigenvalue weighted by molar-refractivity contribution is -0.104. The number of benzene rings is 3. The van der Waals surface area contributed by atoms with Crippen molar-refractivity contribution in [2.24, 2.45) is 0 Å². The molecule has 1 aliphatic heterocycles. The van der Waals surface area contributed by atoms with Crippen LogP contribution >= 0.6 is 0 Å². The van der Waals surface area contributed by atoms with Crippen LogP contribution < -0.4 is 9.47 Å². The monoisotopic (exact) mass is 464 g/mol. The molecule has 0 saturated carbocycles. The Morgan fingerprint density at radius 3 is 2.26 bits per heavy atom. The summed E-state index contributed by atoms with van der Waals surface area (Å²) in [4.78, 5) is 10.7. The molecule has 0 amide bonds. The molecule has 0 atom stereocenters. The zero-order valence-electron chi connectivity index (χ0n) is 20.7. The summed E-state index contributed by atoms with van der Waals surface area (Å²) in [7, 11) is 0. The summed E-state index contributed by atoms with van der Waals surface area (Å²) in [6.07, 6.45) is 8.23. The molecule has 0 saturated heterocycles. The van der Waals surface area contributed by atoms with E-state index in [2.05, 4.69) is 87.5 Å². The van der Waals surface area contributed by atoms with E-state index in [4.69, 9.17) is 9.47 Å². The second-order valence-corrected chi connectivity index (χ2v) is 8.56. The number of fused-ring (bicyclic) bond motifs is 1. The lowest BCUT2D eigenvalue weighted by atomic mass is 9.85. The third-order valence-corrected chi connectivity index (χ3v) is 6.33. The first-order chi connectivity index (χ1) is 17.1. The molecule has 0 radical (unpaired) electrons. The van der Waals surface area contributed by atoms with E-state index >= 15 is 0 Å². The Kier molecular flexibility index (Phi) is 7.99. The minimum absolute atomic E-state index is 0.567. The molecule has 0 unspecified atom stereocenters. The maximum atomic E-state index is 10.7. The number of hydrogen-bond acceptors (Lipinski definition) is 3. The third-order valence-electron chi connectivity index (χ3n) is 6.33. The minimum Gasteiger partial charge on any atom is -0.486 e. The smallest absolute Gasteiger partial charge is 0.161 e. The van der Waals surface area contributed by atoms with Gasteiger partial charge in [-0.1, -0.05) is 80.6 Å². The van der Waals surface area contributed by atoms with Crippen molar-refractivity contribution in [3.05, 3.63) is 106 Å². The van der Waals surface area contributed by atoms with Crippen molar-refractivity contribution in [1.29, 1.82) is 0 Å². The molecule has 3 aromatic carbocycles. The molecule has 3 aromatic rings. The van der Waals surface area contributed by atoms with Gasteiger partial charge in [0.25, 0.3) is 0 Å². The number of ether oxygens (including phenoxy) is 2. The molecule has 0 spiro atoms. The van der Waals surface area contributed by atoms with Crippen LogP contribution in [0.1, 0.15) is 54.5 Å². The number of allylic oxidation sites excluding steroid dienone is 4. The predicted octanol–water partition coefficient (Wildman–Crippen LogP) is 7.79. The van der Waals surface area contributed by atoms with Crippen LogP contribution in [0, 0.1) is 6.92 Å². The van der Waals surface area contributed by atoms with Crippen LogP contribution in [0.3, 0.4) is 0 Å². The van der Waals surface area contributed by atoms with Crippen LogP contribution in [0.2, 0.25) is 0 Å². The molecule has 1 heterocycles. The van der Waals surface area contributed by atoms with Gasteiger partial charge in [-0.25, -0.2) is 0 Å². The fraction of sp³-hybridized carbons (Fsp3) is 0.219. The number of hydrogen-bond donors (Lipinski definition) is 0. The summed E-state index contributed by atoms with van der Waals surface area (Å²) < 4.78 is 11.7. The fourth-order valence-corrected chi connectivity index (χ4v) is 4.51. The van der Waals surface area contributed by atoms with Crippen LogP contribution in [0.4, 0.5) is 0 Å². The van der Waals surface area contributed by atoms with Gasteiger partial charge in [-0.3, -0.25) is 4.79 Å². The van der Waals surface area contributed by atoms with Crippen molar-refractivity contribution < 1.29 is 14.3 Å². The molecule has 3 nitrogen and oxygen atoms in total. The van der Waals surface area contributed by atoms with E-state index < -0.39 is 0 Å². The second-order valence-electron chi connectivity index (χ2n) is 8.56. The minimum atomic E-state index is 0.567. The van der Waals surface area contributed by atoms with Crippen molar-refractivity contribution in [2.75, 3.05) is 13.2 Å². The molecular formula is C32H32O3. The molecule has 1 aliphatic rings. The Labute approximate surface area is 208 Å². The third kappa shape index (κ3) is 5.63. The lowest BCUT2D eigenvalue weighted by Crippen LogP contribution is -2.15. The van der Waals surface area contributed by atoms with Crippen molar-refractivity contribution in [3.63, 3.8) is 0 Å². The number of carbonyl (C=O) groups is 1. The fourth-order valence-electron chi connectivity index (χ4n) is 4.51. The van der Waals surface area contributed by atoms with Crippen LogP contribution in [0.15, 0.2) is 78.4 Å². The maximum absolute atomic E-state index is 10.7. The van der Waals surface area contributed by atoms with E-state index in [9.17, 15) is 4.79 Å². The van der Waals surface area contributed by atoms with E-state index in [-0.39, 0.29) is 0 Å². The summed E-state index contributed by atoms with van der Waals surface area (Å²) >= 11 is 0. The highest BCUT2D eigenvalue weighted by Gasteiger charge is 2.18. The molecule has 3 heteroatoms. The first-order valence-corrected chi connectivity index (χ1v) is 12.3. The highest BCUT2D eigenvalue weighted by molar-refractivity contribution is 6.01. The van der Waals surface area contributed by atoms with Gasteiger partial charge in [0.05, 0.1) is 0 Å². The molecule has 0 bridgehead atoms. The van der Waals surface area contributed by atoms with Gasteiger partial charge in [-0.15, -0.1) is 0 Å². The van der Waals surface area contributed by atoms with Crippen molar-refractivity contribution in [2.45, 2.75) is 33.6 Å². The number of rotatable bonds is 8. The SMILES string of the molecule is CC/C(=C(\C(=C\c1ccccc1C)CC)c1ccc(/C=C/C=O)cc1)c1ccc2c(c1)OCCO2. The largest absolute Gasteiger partial charge is 0.486 e. The second kappa shape index (κ2) is 11.5. The van der Waals surface area contributed by atoms with Crippen LogP contribution in [0.25, 0.3) is 23.3 Å². The average Bonchev–Trinajstić information content (AvgIpc) is 2.90. The van der Waals surface area contributed by atoms with Gasteiger partial charge >= 0.3 is 0 Å². The molecule has 4 rings (SSSR count). The van der Waals surface area contributed by atoms with Gasteiger partial charge in [-0.05, 0) is 82.5 Å². The van der Waals surface area contributed by atoms with Crippen LogP contribution in [0.5, 0.6) is 11.5 Å². The van der Waals surface area contributed by atoms with Gasteiger partial charge < -0.3 is 9.47 Å². The normalized spacial score (nSPS) is 14.1. The van der Waals surface area contributed by atoms with Gasteiger partial charge in [-0.2, -0.15) is 0 Å². The lowest BCUT2D eigenvalue weighted by Gasteiger charge is -2.22. The standard InChI is InChI=1S/C32H32O3/c1-4-25(21-27-11-7-6-9-23(27)3)32(26-14-12-24(13-15-26)10-8-18-33)29(5-2)28-16-17-30-31(22-28)35-20-19-34-30/h6-18,21-22H,4-5,19-20H2,1-3H3/b10-8+,25-21+,32-29-. The molecule has 0 fully saturated rings. The zero-order chi connectivity index (χ0) is 24.6. The summed E-state index contributed by atoms with van der Waals surface area (Å²) in [6, 6.07) is 23.2. The molecular weight excluding hydrogens is 432 g/mol. The summed E-state index contributed by atoms with van der Waals surface area (Å²) in [5, 5.41) is 0. The Balaban J connectivity index is 1.92. The molecule has 178 valence electrons. The molecule has 0 aromatic heterocycles. The van der Waals surface area contributed by atoms with Gasteiger partial charge in [0, 0.05) is 0 Å². The van der Waals surface area contributed by atoms with E-state index in [0.29, 0.717) is 13.2 Å². The highest BCUT2D eigenvalue weighted by atomic mass is 16.6. The Morgan fingerprint density at radius 1 is 0.857 bits per heavy atom. The molecule has 35 heavy (non-hydrogen) atoms.